The summed E-state index contributed by atoms with van der Waals surface area (Å²) >= 11 is 3.36. The van der Waals surface area contributed by atoms with E-state index in [1.165, 1.54) is 18.5 Å². The summed E-state index contributed by atoms with van der Waals surface area (Å²) in [4.78, 5) is 24.0. The number of esters is 1. The second kappa shape index (κ2) is 9.70. The molecule has 0 atom stereocenters. The van der Waals surface area contributed by atoms with E-state index in [2.05, 4.69) is 31.8 Å². The second-order valence-electron chi connectivity index (χ2n) is 6.06. The Bertz CT molecular complexity index is 1010. The molecule has 0 saturated heterocycles. The van der Waals surface area contributed by atoms with Crippen molar-refractivity contribution in [3.63, 3.8) is 0 Å². The molecule has 0 aliphatic carbocycles. The van der Waals surface area contributed by atoms with Crippen molar-refractivity contribution in [3.05, 3.63) is 82.2 Å². The quantitative estimate of drug-likeness (QED) is 0.241. The van der Waals surface area contributed by atoms with Crippen LogP contribution in [0.2, 0.25) is 0 Å². The van der Waals surface area contributed by atoms with Gasteiger partial charge in [0.15, 0.2) is 0 Å². The highest BCUT2D eigenvalue weighted by Gasteiger charge is 2.13. The molecule has 0 fully saturated rings. The summed E-state index contributed by atoms with van der Waals surface area (Å²) in [6.45, 7) is 2.06. The third kappa shape index (κ3) is 6.05. The molecule has 8 heteroatoms. The molecule has 148 valence electrons. The lowest BCUT2D eigenvalue weighted by Crippen LogP contribution is -2.25. The first-order valence-corrected chi connectivity index (χ1v) is 9.48. The van der Waals surface area contributed by atoms with E-state index in [1.54, 1.807) is 24.3 Å². The minimum absolute atomic E-state index is 0.0687. The van der Waals surface area contributed by atoms with Gasteiger partial charge in [0.05, 0.1) is 19.0 Å². The normalized spacial score (nSPS) is 10.7. The highest BCUT2D eigenvalue weighted by Crippen LogP contribution is 2.23. The van der Waals surface area contributed by atoms with Gasteiger partial charge in [-0.15, -0.1) is 0 Å². The summed E-state index contributed by atoms with van der Waals surface area (Å²) in [5.74, 6) is -0.569. The Hall–Kier alpha value is -3.39. The third-order valence-corrected chi connectivity index (χ3v) is 4.29. The van der Waals surface area contributed by atoms with Crippen molar-refractivity contribution in [1.29, 1.82) is 0 Å². The van der Waals surface area contributed by atoms with Crippen LogP contribution in [0.25, 0.3) is 0 Å². The van der Waals surface area contributed by atoms with Crippen molar-refractivity contribution in [3.8, 4) is 5.75 Å². The topological polar surface area (TPSA) is 92.9 Å². The van der Waals surface area contributed by atoms with Crippen LogP contribution in [0.15, 0.2) is 74.9 Å². The smallest absolute Gasteiger partial charge is 0.379 e. The molecule has 3 rings (SSSR count). The Labute approximate surface area is 175 Å². The summed E-state index contributed by atoms with van der Waals surface area (Å²) in [6.07, 6.45) is 2.79. The van der Waals surface area contributed by atoms with E-state index < -0.39 is 5.97 Å². The molecule has 0 saturated carbocycles. The van der Waals surface area contributed by atoms with Crippen LogP contribution in [0, 0.1) is 6.92 Å². The number of furan rings is 1. The van der Waals surface area contributed by atoms with E-state index >= 15 is 0 Å². The van der Waals surface area contributed by atoms with Crippen LogP contribution in [-0.4, -0.2) is 24.6 Å². The van der Waals surface area contributed by atoms with Gasteiger partial charge >= 0.3 is 5.97 Å². The van der Waals surface area contributed by atoms with E-state index in [1.807, 2.05) is 31.2 Å². The average Bonchev–Trinajstić information content (AvgIpc) is 3.24. The van der Waals surface area contributed by atoms with Crippen molar-refractivity contribution in [2.75, 3.05) is 11.9 Å². The first-order chi connectivity index (χ1) is 14.0. The van der Waals surface area contributed by atoms with Crippen molar-refractivity contribution < 1.29 is 18.7 Å². The summed E-state index contributed by atoms with van der Waals surface area (Å²) in [6, 6.07) is 15.9. The van der Waals surface area contributed by atoms with E-state index in [4.69, 9.17) is 9.15 Å². The zero-order chi connectivity index (χ0) is 20.6. The third-order valence-electron chi connectivity index (χ3n) is 3.79. The standard InChI is InChI=1S/C21H18BrN3O4/c1-14-4-7-17(8-5-14)23-13-20(26)25-24-12-15-11-16(22)6-9-18(15)29-21(27)19-3-2-10-28-19/h2-12,23H,13H2,1H3,(H,25,26)/b24-12+. The molecule has 2 aromatic carbocycles. The lowest BCUT2D eigenvalue weighted by molar-refractivity contribution is -0.119. The molecule has 0 radical (unpaired) electrons. The Kier molecular flexibility index (Phi) is 6.80. The Morgan fingerprint density at radius 2 is 1.97 bits per heavy atom. The number of hydrogen-bond acceptors (Lipinski definition) is 6. The minimum Gasteiger partial charge on any atom is -0.457 e. The molecular formula is C21H18BrN3O4. The van der Waals surface area contributed by atoms with Crippen LogP contribution < -0.4 is 15.5 Å². The molecule has 7 nitrogen and oxygen atoms in total. The molecule has 29 heavy (non-hydrogen) atoms. The zero-order valence-corrected chi connectivity index (χ0v) is 17.1. The minimum atomic E-state index is -0.627. The number of hydrazone groups is 1. The number of ether oxygens (including phenoxy) is 1. The van der Waals surface area contributed by atoms with Gasteiger partial charge in [-0.05, 0) is 49.4 Å². The maximum absolute atomic E-state index is 12.1. The fourth-order valence-electron chi connectivity index (χ4n) is 2.33. The molecule has 3 aromatic rings. The molecule has 0 bridgehead atoms. The number of halogens is 1. The number of amides is 1. The predicted molar refractivity (Wildman–Crippen MR) is 113 cm³/mol. The van der Waals surface area contributed by atoms with Crippen LogP contribution >= 0.6 is 15.9 Å². The SMILES string of the molecule is Cc1ccc(NCC(=O)N/N=C/c2cc(Br)ccc2OC(=O)c2ccco2)cc1. The number of hydrogen-bond donors (Lipinski definition) is 2. The van der Waals surface area contributed by atoms with Crippen LogP contribution in [0.4, 0.5) is 5.69 Å². The summed E-state index contributed by atoms with van der Waals surface area (Å²) in [7, 11) is 0. The number of carbonyl (C=O) groups is 2. The highest BCUT2D eigenvalue weighted by atomic mass is 79.9. The zero-order valence-electron chi connectivity index (χ0n) is 15.5. The summed E-state index contributed by atoms with van der Waals surface area (Å²) in [5, 5.41) is 6.95. The molecule has 1 amide bonds. The van der Waals surface area contributed by atoms with E-state index in [-0.39, 0.29) is 24.0 Å². The van der Waals surface area contributed by atoms with Crippen LogP contribution in [0.1, 0.15) is 21.7 Å². The Morgan fingerprint density at radius 1 is 1.17 bits per heavy atom. The summed E-state index contributed by atoms with van der Waals surface area (Å²) < 4.78 is 11.1. The van der Waals surface area contributed by atoms with Crippen LogP contribution in [0.3, 0.4) is 0 Å². The largest absolute Gasteiger partial charge is 0.457 e. The maximum Gasteiger partial charge on any atom is 0.379 e. The fraction of sp³-hybridized carbons (Fsp3) is 0.0952. The van der Waals surface area contributed by atoms with Crippen LogP contribution in [0.5, 0.6) is 5.75 Å². The van der Waals surface area contributed by atoms with Gasteiger partial charge in [0, 0.05) is 15.7 Å². The molecule has 0 spiro atoms. The van der Waals surface area contributed by atoms with Crippen LogP contribution in [-0.2, 0) is 4.79 Å². The number of benzene rings is 2. The maximum atomic E-state index is 12.1. The number of aryl methyl sites for hydroxylation is 1. The van der Waals surface area contributed by atoms with Gasteiger partial charge in [0.2, 0.25) is 5.76 Å². The number of carbonyl (C=O) groups excluding carboxylic acids is 2. The summed E-state index contributed by atoms with van der Waals surface area (Å²) in [5.41, 5.74) is 4.92. The first kappa shape index (κ1) is 20.3. The average molecular weight is 456 g/mol. The van der Waals surface area contributed by atoms with Crippen molar-refractivity contribution >= 4 is 39.7 Å². The molecule has 0 unspecified atom stereocenters. The number of nitrogens with zero attached hydrogens (tertiary/aromatic N) is 1. The van der Waals surface area contributed by atoms with E-state index in [0.717, 1.165) is 15.7 Å². The van der Waals surface area contributed by atoms with Gasteiger partial charge < -0.3 is 14.5 Å². The van der Waals surface area contributed by atoms with Gasteiger partial charge in [0.1, 0.15) is 5.75 Å². The van der Waals surface area contributed by atoms with E-state index in [0.29, 0.717) is 5.56 Å². The molecule has 1 aromatic heterocycles. The molecule has 0 aliphatic rings. The predicted octanol–water partition coefficient (Wildman–Crippen LogP) is 4.13. The van der Waals surface area contributed by atoms with Gasteiger partial charge in [-0.25, -0.2) is 10.2 Å². The van der Waals surface area contributed by atoms with Crippen molar-refractivity contribution in [1.82, 2.24) is 5.43 Å². The Morgan fingerprint density at radius 3 is 2.69 bits per heavy atom. The van der Waals surface area contributed by atoms with E-state index in [9.17, 15) is 9.59 Å². The molecule has 0 aliphatic heterocycles. The molecule has 1 heterocycles. The lowest BCUT2D eigenvalue weighted by atomic mass is 10.2. The van der Waals surface area contributed by atoms with Gasteiger partial charge in [-0.3, -0.25) is 4.79 Å². The first-order valence-electron chi connectivity index (χ1n) is 8.69. The monoisotopic (exact) mass is 455 g/mol. The highest BCUT2D eigenvalue weighted by molar-refractivity contribution is 9.10. The number of nitrogens with one attached hydrogen (secondary N) is 2. The van der Waals surface area contributed by atoms with Gasteiger partial charge in [0.25, 0.3) is 5.91 Å². The lowest BCUT2D eigenvalue weighted by Gasteiger charge is -2.07. The number of rotatable bonds is 7. The van der Waals surface area contributed by atoms with Gasteiger partial charge in [-0.2, -0.15) is 5.10 Å². The van der Waals surface area contributed by atoms with Gasteiger partial charge in [-0.1, -0.05) is 33.6 Å². The molecular weight excluding hydrogens is 438 g/mol. The van der Waals surface area contributed by atoms with Crippen molar-refractivity contribution in [2.24, 2.45) is 5.10 Å². The van der Waals surface area contributed by atoms with Crippen molar-refractivity contribution in [2.45, 2.75) is 6.92 Å². The fourth-order valence-corrected chi connectivity index (χ4v) is 2.70. The Balaban J connectivity index is 1.59. The number of anilines is 1. The second-order valence-corrected chi connectivity index (χ2v) is 6.98. The molecule has 2 N–H and O–H groups in total.